The zero-order valence-corrected chi connectivity index (χ0v) is 14.7. The van der Waals surface area contributed by atoms with Crippen LogP contribution in [-0.4, -0.2) is 84.8 Å². The number of nitrogens with one attached hydrogen (secondary N) is 1. The van der Waals surface area contributed by atoms with Crippen molar-refractivity contribution < 1.29 is 14.3 Å². The lowest BCUT2D eigenvalue weighted by Gasteiger charge is -2.39. The standard InChI is InChI=1S/C17H30N4O3/c1-2-24-17(23)20-9-3-4-14(5-12-20)19-10-6-15(7-11-19)21-13-8-18-16(21)22/h14-15H,2-13H2,1H3,(H,18,22). The SMILES string of the molecule is CCOC(=O)N1CCCC(N2CCC(N3CCNC3=O)CC2)CC1. The van der Waals surface area contributed by atoms with Crippen LogP contribution < -0.4 is 5.32 Å². The fraction of sp³-hybridized carbons (Fsp3) is 0.882. The smallest absolute Gasteiger partial charge is 0.409 e. The van der Waals surface area contributed by atoms with Gasteiger partial charge in [0.1, 0.15) is 0 Å². The average Bonchev–Trinajstić information content (AvgIpc) is 2.87. The molecule has 0 radical (unpaired) electrons. The van der Waals surface area contributed by atoms with E-state index in [-0.39, 0.29) is 12.1 Å². The second-order valence-corrected chi connectivity index (χ2v) is 6.96. The molecule has 3 fully saturated rings. The highest BCUT2D eigenvalue weighted by Crippen LogP contribution is 2.24. The first-order valence-corrected chi connectivity index (χ1v) is 9.39. The number of piperidine rings is 1. The lowest BCUT2D eigenvalue weighted by atomic mass is 9.99. The van der Waals surface area contributed by atoms with Gasteiger partial charge in [0.05, 0.1) is 6.61 Å². The number of rotatable bonds is 3. The molecule has 0 aliphatic carbocycles. The van der Waals surface area contributed by atoms with Gasteiger partial charge in [0, 0.05) is 51.4 Å². The highest BCUT2D eigenvalue weighted by atomic mass is 16.6. The molecule has 0 aromatic carbocycles. The summed E-state index contributed by atoms with van der Waals surface area (Å²) < 4.78 is 5.13. The molecule has 0 saturated carbocycles. The van der Waals surface area contributed by atoms with Crippen LogP contribution in [0.25, 0.3) is 0 Å². The fourth-order valence-corrected chi connectivity index (χ4v) is 4.24. The summed E-state index contributed by atoms with van der Waals surface area (Å²) in [4.78, 5) is 30.1. The van der Waals surface area contributed by atoms with E-state index in [2.05, 4.69) is 10.2 Å². The van der Waals surface area contributed by atoms with Gasteiger partial charge >= 0.3 is 12.1 Å². The molecule has 3 amide bonds. The van der Waals surface area contributed by atoms with E-state index in [0.717, 1.165) is 71.4 Å². The van der Waals surface area contributed by atoms with Crippen LogP contribution in [0.4, 0.5) is 9.59 Å². The molecule has 3 rings (SSSR count). The van der Waals surface area contributed by atoms with Gasteiger partial charge in [0.2, 0.25) is 0 Å². The first-order valence-electron chi connectivity index (χ1n) is 9.39. The Balaban J connectivity index is 1.46. The van der Waals surface area contributed by atoms with Crippen molar-refractivity contribution in [3.8, 4) is 0 Å². The molecule has 3 heterocycles. The van der Waals surface area contributed by atoms with Crippen molar-refractivity contribution in [3.63, 3.8) is 0 Å². The molecule has 3 aliphatic rings. The lowest BCUT2D eigenvalue weighted by Crippen LogP contribution is -2.49. The van der Waals surface area contributed by atoms with Crippen molar-refractivity contribution in [2.75, 3.05) is 45.9 Å². The van der Waals surface area contributed by atoms with E-state index in [1.54, 1.807) is 0 Å². The molecule has 3 aliphatic heterocycles. The molecule has 1 N–H and O–H groups in total. The Labute approximate surface area is 144 Å². The fourth-order valence-electron chi connectivity index (χ4n) is 4.24. The van der Waals surface area contributed by atoms with Crippen LogP contribution >= 0.6 is 0 Å². The minimum absolute atomic E-state index is 0.105. The van der Waals surface area contributed by atoms with Crippen LogP contribution in [0.5, 0.6) is 0 Å². The van der Waals surface area contributed by atoms with Crippen LogP contribution in [-0.2, 0) is 4.74 Å². The van der Waals surface area contributed by atoms with E-state index in [1.165, 1.54) is 0 Å². The Hall–Kier alpha value is -1.50. The maximum absolute atomic E-state index is 11.9. The van der Waals surface area contributed by atoms with Crippen molar-refractivity contribution in [1.29, 1.82) is 0 Å². The number of hydrogen-bond acceptors (Lipinski definition) is 4. The Morgan fingerprint density at radius 1 is 1.08 bits per heavy atom. The van der Waals surface area contributed by atoms with Crippen LogP contribution in [0.15, 0.2) is 0 Å². The molecule has 0 aromatic rings. The number of urea groups is 1. The number of likely N-dealkylation sites (tertiary alicyclic amines) is 2. The topological polar surface area (TPSA) is 65.1 Å². The van der Waals surface area contributed by atoms with E-state index < -0.39 is 0 Å². The lowest BCUT2D eigenvalue weighted by molar-refractivity contribution is 0.0946. The number of hydrogen-bond donors (Lipinski definition) is 1. The van der Waals surface area contributed by atoms with Crippen molar-refractivity contribution in [2.24, 2.45) is 0 Å². The Morgan fingerprint density at radius 2 is 1.83 bits per heavy atom. The zero-order chi connectivity index (χ0) is 16.9. The normalized spacial score (nSPS) is 27.0. The molecular formula is C17H30N4O3. The summed E-state index contributed by atoms with van der Waals surface area (Å²) in [5.74, 6) is 0. The number of carbonyl (C=O) groups excluding carboxylic acids is 2. The second-order valence-electron chi connectivity index (χ2n) is 6.96. The quantitative estimate of drug-likeness (QED) is 0.847. The van der Waals surface area contributed by atoms with Crippen LogP contribution in [0.3, 0.4) is 0 Å². The summed E-state index contributed by atoms with van der Waals surface area (Å²) in [7, 11) is 0. The molecule has 7 nitrogen and oxygen atoms in total. The summed E-state index contributed by atoms with van der Waals surface area (Å²) in [5.41, 5.74) is 0. The van der Waals surface area contributed by atoms with Crippen molar-refractivity contribution >= 4 is 12.1 Å². The maximum atomic E-state index is 11.9. The summed E-state index contributed by atoms with van der Waals surface area (Å²) in [6.45, 7) is 7.63. The molecule has 0 aromatic heterocycles. The predicted octanol–water partition coefficient (Wildman–Crippen LogP) is 1.49. The van der Waals surface area contributed by atoms with Gasteiger partial charge in [-0.1, -0.05) is 0 Å². The van der Waals surface area contributed by atoms with E-state index in [1.807, 2.05) is 16.7 Å². The van der Waals surface area contributed by atoms with Gasteiger partial charge in [-0.25, -0.2) is 9.59 Å². The Morgan fingerprint density at radius 3 is 2.50 bits per heavy atom. The van der Waals surface area contributed by atoms with Crippen LogP contribution in [0.1, 0.15) is 39.0 Å². The second kappa shape index (κ2) is 8.05. The van der Waals surface area contributed by atoms with Crippen molar-refractivity contribution in [1.82, 2.24) is 20.0 Å². The van der Waals surface area contributed by atoms with Crippen molar-refractivity contribution in [3.05, 3.63) is 0 Å². The summed E-state index contributed by atoms with van der Waals surface area (Å²) in [5, 5.41) is 2.90. The van der Waals surface area contributed by atoms with Gasteiger partial charge in [0.25, 0.3) is 0 Å². The van der Waals surface area contributed by atoms with Crippen LogP contribution in [0.2, 0.25) is 0 Å². The molecule has 1 unspecified atom stereocenters. The monoisotopic (exact) mass is 338 g/mol. The van der Waals surface area contributed by atoms with Gasteiger partial charge in [-0.15, -0.1) is 0 Å². The van der Waals surface area contributed by atoms with Gasteiger partial charge < -0.3 is 24.8 Å². The highest BCUT2D eigenvalue weighted by molar-refractivity contribution is 5.76. The summed E-state index contributed by atoms with van der Waals surface area (Å²) >= 11 is 0. The maximum Gasteiger partial charge on any atom is 0.409 e. The Kier molecular flexibility index (Phi) is 5.81. The Bertz CT molecular complexity index is 451. The summed E-state index contributed by atoms with van der Waals surface area (Å²) in [6, 6.07) is 1.05. The first-order chi connectivity index (χ1) is 11.7. The largest absolute Gasteiger partial charge is 0.450 e. The molecule has 24 heavy (non-hydrogen) atoms. The minimum atomic E-state index is -0.170. The van der Waals surface area contributed by atoms with Gasteiger partial charge in [-0.3, -0.25) is 0 Å². The van der Waals surface area contributed by atoms with E-state index in [0.29, 0.717) is 18.7 Å². The molecule has 0 bridgehead atoms. The molecule has 1 atom stereocenters. The van der Waals surface area contributed by atoms with Crippen LogP contribution in [0, 0.1) is 0 Å². The minimum Gasteiger partial charge on any atom is -0.450 e. The van der Waals surface area contributed by atoms with E-state index >= 15 is 0 Å². The summed E-state index contributed by atoms with van der Waals surface area (Å²) in [6.07, 6.45) is 5.16. The number of carbonyl (C=O) groups is 2. The first kappa shape index (κ1) is 17.3. The molecule has 136 valence electrons. The van der Waals surface area contributed by atoms with Gasteiger partial charge in [-0.2, -0.15) is 0 Å². The average molecular weight is 338 g/mol. The molecule has 3 saturated heterocycles. The zero-order valence-electron chi connectivity index (χ0n) is 14.7. The molecule has 0 spiro atoms. The number of ether oxygens (including phenoxy) is 1. The highest BCUT2D eigenvalue weighted by Gasteiger charge is 2.33. The number of amides is 3. The van der Waals surface area contributed by atoms with E-state index in [4.69, 9.17) is 4.74 Å². The molecular weight excluding hydrogens is 308 g/mol. The van der Waals surface area contributed by atoms with Crippen molar-refractivity contribution in [2.45, 2.75) is 51.1 Å². The third kappa shape index (κ3) is 3.94. The molecule has 7 heteroatoms. The third-order valence-corrected chi connectivity index (χ3v) is 5.57. The van der Waals surface area contributed by atoms with E-state index in [9.17, 15) is 9.59 Å². The van der Waals surface area contributed by atoms with Gasteiger partial charge in [0.15, 0.2) is 0 Å². The predicted molar refractivity (Wildman–Crippen MR) is 90.9 cm³/mol. The third-order valence-electron chi connectivity index (χ3n) is 5.57. The number of nitrogens with zero attached hydrogens (tertiary/aromatic N) is 3. The van der Waals surface area contributed by atoms with Gasteiger partial charge in [-0.05, 0) is 39.0 Å².